The van der Waals surface area contributed by atoms with Crippen molar-refractivity contribution in [3.8, 4) is 0 Å². The highest BCUT2D eigenvalue weighted by atomic mass is 16.6. The summed E-state index contributed by atoms with van der Waals surface area (Å²) in [6, 6.07) is 5.51. The fourth-order valence-electron chi connectivity index (χ4n) is 2.09. The summed E-state index contributed by atoms with van der Waals surface area (Å²) in [4.78, 5) is 10.1. The molecule has 1 aromatic rings. The van der Waals surface area contributed by atoms with E-state index in [0.717, 1.165) is 0 Å². The monoisotopic (exact) mass is 300 g/mol. The average Bonchev–Trinajstić information content (AvgIpc) is 2.48. The molecule has 1 fully saturated rings. The summed E-state index contributed by atoms with van der Waals surface area (Å²) >= 11 is 0. The Morgan fingerprint density at radius 2 is 1.95 bits per heavy atom. The number of nitro benzene ring substituents is 1. The zero-order valence-electron chi connectivity index (χ0n) is 10.9. The van der Waals surface area contributed by atoms with Crippen LogP contribution >= 0.6 is 0 Å². The van der Waals surface area contributed by atoms with Crippen molar-refractivity contribution in [2.45, 2.75) is 30.6 Å². The maximum Gasteiger partial charge on any atom is 0.271 e. The van der Waals surface area contributed by atoms with Crippen LogP contribution in [0.25, 0.3) is 0 Å². The second kappa shape index (κ2) is 6.33. The molecule has 2 rings (SSSR count). The number of hydrogen-bond acceptors (Lipinski definition) is 8. The first kappa shape index (κ1) is 15.6. The Bertz CT molecular complexity index is 510. The quantitative estimate of drug-likeness (QED) is 0.344. The molecule has 21 heavy (non-hydrogen) atoms. The van der Waals surface area contributed by atoms with E-state index >= 15 is 0 Å². The lowest BCUT2D eigenvalue weighted by Gasteiger charge is -2.40. The first-order valence-corrected chi connectivity index (χ1v) is 6.25. The summed E-state index contributed by atoms with van der Waals surface area (Å²) in [5, 5.41) is 51.6. The Balaban J connectivity index is 2.14. The van der Waals surface area contributed by atoms with E-state index in [2.05, 4.69) is 5.32 Å². The summed E-state index contributed by atoms with van der Waals surface area (Å²) in [5.41, 5.74) is 0.151. The van der Waals surface area contributed by atoms with Crippen molar-refractivity contribution < 1.29 is 30.1 Å². The van der Waals surface area contributed by atoms with E-state index in [0.29, 0.717) is 5.69 Å². The number of nitrogens with zero attached hydrogens (tertiary/aromatic N) is 1. The number of benzene rings is 1. The molecule has 1 aliphatic heterocycles. The first-order valence-electron chi connectivity index (χ1n) is 6.25. The number of hydrogen-bond donors (Lipinski definition) is 5. The molecule has 0 spiro atoms. The van der Waals surface area contributed by atoms with Crippen molar-refractivity contribution in [1.29, 1.82) is 0 Å². The van der Waals surface area contributed by atoms with Crippen LogP contribution in [0.15, 0.2) is 24.3 Å². The van der Waals surface area contributed by atoms with Crippen molar-refractivity contribution in [1.82, 2.24) is 0 Å². The molecule has 9 heteroatoms. The molecule has 0 saturated carbocycles. The molecule has 0 unspecified atom stereocenters. The minimum atomic E-state index is -1.51. The minimum absolute atomic E-state index is 0.149. The largest absolute Gasteiger partial charge is 0.394 e. The molecule has 1 heterocycles. The summed E-state index contributed by atoms with van der Waals surface area (Å²) in [6.07, 6.45) is -6.58. The van der Waals surface area contributed by atoms with Crippen LogP contribution in [-0.2, 0) is 4.74 Å². The molecule has 5 N–H and O–H groups in total. The Kier molecular flexibility index (Phi) is 4.70. The fraction of sp³-hybridized carbons (Fsp3) is 0.500. The average molecular weight is 300 g/mol. The smallest absolute Gasteiger partial charge is 0.271 e. The van der Waals surface area contributed by atoms with Gasteiger partial charge in [0.1, 0.15) is 24.4 Å². The van der Waals surface area contributed by atoms with Crippen LogP contribution in [0, 0.1) is 10.1 Å². The Morgan fingerprint density at radius 3 is 2.57 bits per heavy atom. The second-order valence-electron chi connectivity index (χ2n) is 4.70. The predicted molar refractivity (Wildman–Crippen MR) is 70.5 cm³/mol. The number of nitrogens with one attached hydrogen (secondary N) is 1. The van der Waals surface area contributed by atoms with E-state index < -0.39 is 42.2 Å². The molecule has 1 saturated heterocycles. The molecule has 1 aliphatic rings. The van der Waals surface area contributed by atoms with Crippen molar-refractivity contribution in [2.75, 3.05) is 11.9 Å². The molecule has 9 nitrogen and oxygen atoms in total. The molecule has 0 aromatic heterocycles. The van der Waals surface area contributed by atoms with Crippen molar-refractivity contribution in [3.63, 3.8) is 0 Å². The van der Waals surface area contributed by atoms with E-state index in [4.69, 9.17) is 9.84 Å². The van der Waals surface area contributed by atoms with Gasteiger partial charge < -0.3 is 30.5 Å². The van der Waals surface area contributed by atoms with Gasteiger partial charge in [-0.25, -0.2) is 0 Å². The molecule has 0 radical (unpaired) electrons. The van der Waals surface area contributed by atoms with Crippen LogP contribution in [-0.4, -0.2) is 62.6 Å². The number of aliphatic hydroxyl groups is 4. The van der Waals surface area contributed by atoms with Gasteiger partial charge in [0, 0.05) is 17.8 Å². The maximum atomic E-state index is 10.7. The molecule has 0 aliphatic carbocycles. The van der Waals surface area contributed by atoms with Gasteiger partial charge in [-0.3, -0.25) is 10.1 Å². The molecule has 116 valence electrons. The van der Waals surface area contributed by atoms with Gasteiger partial charge in [-0.15, -0.1) is 0 Å². The van der Waals surface area contributed by atoms with Gasteiger partial charge in [-0.05, 0) is 6.07 Å². The van der Waals surface area contributed by atoms with E-state index in [-0.39, 0.29) is 5.69 Å². The van der Waals surface area contributed by atoms with Gasteiger partial charge in [-0.1, -0.05) is 6.07 Å². The number of non-ortho nitro benzene ring substituents is 1. The van der Waals surface area contributed by atoms with E-state index in [1.807, 2.05) is 0 Å². The molecule has 5 atom stereocenters. The SMILES string of the molecule is O=[N+]([O-])c1cccc(N[C@@H]2O[C@H](CO)[C@@H](O)[C@@H](O)[C@@H]2O)c1. The number of rotatable bonds is 4. The third-order valence-corrected chi connectivity index (χ3v) is 3.26. The lowest BCUT2D eigenvalue weighted by molar-refractivity contribution is -0.384. The van der Waals surface area contributed by atoms with Gasteiger partial charge in [0.2, 0.25) is 0 Å². The third-order valence-electron chi connectivity index (χ3n) is 3.26. The lowest BCUT2D eigenvalue weighted by Crippen LogP contribution is -2.60. The number of nitro groups is 1. The highest BCUT2D eigenvalue weighted by Gasteiger charge is 2.43. The molecule has 1 aromatic carbocycles. The Labute approximate surface area is 119 Å². The third kappa shape index (κ3) is 3.28. The summed E-state index contributed by atoms with van der Waals surface area (Å²) in [5.74, 6) is 0. The van der Waals surface area contributed by atoms with Crippen molar-refractivity contribution in [3.05, 3.63) is 34.4 Å². The van der Waals surface area contributed by atoms with Crippen LogP contribution < -0.4 is 5.32 Å². The van der Waals surface area contributed by atoms with Crippen molar-refractivity contribution in [2.24, 2.45) is 0 Å². The van der Waals surface area contributed by atoms with Crippen LogP contribution in [0.5, 0.6) is 0 Å². The predicted octanol–water partition coefficient (Wildman–Crippen LogP) is -1.19. The standard InChI is InChI=1S/C12H16N2O7/c15-5-8-9(16)10(17)11(18)12(21-8)13-6-2-1-3-7(4-6)14(19)20/h1-4,8-13,15-18H,5H2/t8-,9-,10-,11+,12-/m1/s1. The topological polar surface area (TPSA) is 145 Å². The van der Waals surface area contributed by atoms with Crippen LogP contribution in [0.1, 0.15) is 0 Å². The lowest BCUT2D eigenvalue weighted by atomic mass is 9.98. The Hall–Kier alpha value is -1.78. The van der Waals surface area contributed by atoms with Gasteiger partial charge in [0.15, 0.2) is 6.23 Å². The zero-order chi connectivity index (χ0) is 15.6. The molecule has 0 amide bonds. The highest BCUT2D eigenvalue weighted by molar-refractivity contribution is 5.51. The molecule has 0 bridgehead atoms. The number of ether oxygens (including phenoxy) is 1. The summed E-state index contributed by atoms with van der Waals surface area (Å²) in [7, 11) is 0. The fourth-order valence-corrected chi connectivity index (χ4v) is 2.09. The molecular formula is C12H16N2O7. The minimum Gasteiger partial charge on any atom is -0.394 e. The normalized spacial score (nSPS) is 32.7. The first-order chi connectivity index (χ1) is 9.93. The van der Waals surface area contributed by atoms with Crippen LogP contribution in [0.3, 0.4) is 0 Å². The van der Waals surface area contributed by atoms with Crippen LogP contribution in [0.2, 0.25) is 0 Å². The Morgan fingerprint density at radius 1 is 1.24 bits per heavy atom. The van der Waals surface area contributed by atoms with Gasteiger partial charge in [0.05, 0.1) is 11.5 Å². The van der Waals surface area contributed by atoms with Gasteiger partial charge in [0.25, 0.3) is 5.69 Å². The van der Waals surface area contributed by atoms with Crippen LogP contribution in [0.4, 0.5) is 11.4 Å². The maximum absolute atomic E-state index is 10.7. The van der Waals surface area contributed by atoms with Gasteiger partial charge >= 0.3 is 0 Å². The van der Waals surface area contributed by atoms with E-state index in [9.17, 15) is 25.4 Å². The second-order valence-corrected chi connectivity index (χ2v) is 4.70. The summed E-state index contributed by atoms with van der Waals surface area (Å²) < 4.78 is 5.24. The number of anilines is 1. The zero-order valence-corrected chi connectivity index (χ0v) is 10.9. The van der Waals surface area contributed by atoms with E-state index in [1.165, 1.54) is 24.3 Å². The van der Waals surface area contributed by atoms with E-state index in [1.54, 1.807) is 0 Å². The van der Waals surface area contributed by atoms with Crippen molar-refractivity contribution >= 4 is 11.4 Å². The highest BCUT2D eigenvalue weighted by Crippen LogP contribution is 2.24. The summed E-state index contributed by atoms with van der Waals surface area (Å²) in [6.45, 7) is -0.544. The van der Waals surface area contributed by atoms with Gasteiger partial charge in [-0.2, -0.15) is 0 Å². The molecular weight excluding hydrogens is 284 g/mol. The number of aliphatic hydroxyl groups excluding tert-OH is 4.